The van der Waals surface area contributed by atoms with Crippen molar-refractivity contribution in [3.8, 4) is 0 Å². The topological polar surface area (TPSA) is 95.5 Å². The van der Waals surface area contributed by atoms with Crippen LogP contribution in [0.25, 0.3) is 0 Å². The van der Waals surface area contributed by atoms with Crippen LogP contribution >= 0.6 is 11.3 Å². The number of urea groups is 1. The predicted octanol–water partition coefficient (Wildman–Crippen LogP) is 2.47. The molecule has 1 aliphatic rings. The van der Waals surface area contributed by atoms with Gasteiger partial charge in [0.15, 0.2) is 0 Å². The van der Waals surface area contributed by atoms with Crippen molar-refractivity contribution in [1.29, 1.82) is 0 Å². The van der Waals surface area contributed by atoms with E-state index in [1.165, 1.54) is 11.3 Å². The first-order valence-electron chi connectivity index (χ1n) is 8.82. The lowest BCUT2D eigenvalue weighted by molar-refractivity contribution is 0.152. The SMILES string of the molecule is CCN(CC)C(=O)N1CCc2ccc(S(=O)(=O)Nc3nnc(C)s3)cc2C1. The summed E-state index contributed by atoms with van der Waals surface area (Å²) in [7, 11) is -3.75. The molecular formula is C17H23N5O3S2. The highest BCUT2D eigenvalue weighted by molar-refractivity contribution is 7.93. The molecule has 27 heavy (non-hydrogen) atoms. The number of aryl methyl sites for hydroxylation is 1. The summed E-state index contributed by atoms with van der Waals surface area (Å²) in [4.78, 5) is 16.3. The zero-order valence-electron chi connectivity index (χ0n) is 15.6. The van der Waals surface area contributed by atoms with Crippen LogP contribution in [0.1, 0.15) is 30.0 Å². The third kappa shape index (κ3) is 4.22. The molecule has 0 radical (unpaired) electrons. The van der Waals surface area contributed by atoms with Gasteiger partial charge in [-0.3, -0.25) is 4.72 Å². The van der Waals surface area contributed by atoms with Crippen molar-refractivity contribution >= 4 is 32.5 Å². The van der Waals surface area contributed by atoms with E-state index in [1.807, 2.05) is 19.9 Å². The van der Waals surface area contributed by atoms with Crippen LogP contribution in [-0.4, -0.2) is 54.1 Å². The fourth-order valence-electron chi connectivity index (χ4n) is 3.07. The maximum atomic E-state index is 12.7. The third-order valence-corrected chi connectivity index (χ3v) is 6.77. The first kappa shape index (κ1) is 19.6. The quantitative estimate of drug-likeness (QED) is 0.818. The first-order valence-corrected chi connectivity index (χ1v) is 11.1. The Labute approximate surface area is 163 Å². The van der Waals surface area contributed by atoms with Crippen molar-refractivity contribution in [3.05, 3.63) is 34.3 Å². The van der Waals surface area contributed by atoms with Gasteiger partial charge in [0.05, 0.1) is 4.90 Å². The monoisotopic (exact) mass is 409 g/mol. The Bertz CT molecular complexity index is 938. The number of nitrogens with one attached hydrogen (secondary N) is 1. The second-order valence-electron chi connectivity index (χ2n) is 6.29. The molecule has 0 aliphatic carbocycles. The number of sulfonamides is 1. The molecule has 0 spiro atoms. The fourth-order valence-corrected chi connectivity index (χ4v) is 4.94. The van der Waals surface area contributed by atoms with E-state index in [2.05, 4.69) is 14.9 Å². The van der Waals surface area contributed by atoms with Gasteiger partial charge in [0.25, 0.3) is 10.0 Å². The molecule has 0 fully saturated rings. The summed E-state index contributed by atoms with van der Waals surface area (Å²) in [6, 6.07) is 5.06. The summed E-state index contributed by atoms with van der Waals surface area (Å²) in [5, 5.41) is 8.55. The molecular weight excluding hydrogens is 386 g/mol. The standard InChI is InChI=1S/C17H23N5O3S2/c1-4-21(5-2)17(23)22-9-8-13-6-7-15(10-14(13)11-22)27(24,25)20-16-19-18-12(3)26-16/h6-7,10H,4-5,8-9,11H2,1-3H3,(H,19,20). The zero-order chi connectivity index (χ0) is 19.6. The lowest BCUT2D eigenvalue weighted by atomic mass is 10.0. The molecule has 1 aliphatic heterocycles. The Hall–Kier alpha value is -2.20. The van der Waals surface area contributed by atoms with Crippen molar-refractivity contribution in [2.45, 2.75) is 38.6 Å². The average Bonchev–Trinajstić information content (AvgIpc) is 3.05. The number of hydrogen-bond acceptors (Lipinski definition) is 6. The Morgan fingerprint density at radius 3 is 2.63 bits per heavy atom. The Morgan fingerprint density at radius 2 is 2.00 bits per heavy atom. The zero-order valence-corrected chi connectivity index (χ0v) is 17.2. The molecule has 2 amide bonds. The van der Waals surface area contributed by atoms with E-state index < -0.39 is 10.0 Å². The van der Waals surface area contributed by atoms with Crippen molar-refractivity contribution in [1.82, 2.24) is 20.0 Å². The highest BCUT2D eigenvalue weighted by atomic mass is 32.2. The lowest BCUT2D eigenvalue weighted by Crippen LogP contribution is -2.45. The van der Waals surface area contributed by atoms with Crippen LogP contribution in [0, 0.1) is 6.92 Å². The van der Waals surface area contributed by atoms with Gasteiger partial charge < -0.3 is 9.80 Å². The van der Waals surface area contributed by atoms with E-state index in [9.17, 15) is 13.2 Å². The lowest BCUT2D eigenvalue weighted by Gasteiger charge is -2.33. The minimum Gasteiger partial charge on any atom is -0.325 e. The molecule has 1 aromatic heterocycles. The number of carbonyl (C=O) groups excluding carboxylic acids is 1. The summed E-state index contributed by atoms with van der Waals surface area (Å²) in [6.07, 6.45) is 0.714. The molecule has 0 atom stereocenters. The van der Waals surface area contributed by atoms with Gasteiger partial charge >= 0.3 is 6.03 Å². The number of benzene rings is 1. The molecule has 3 rings (SSSR count). The molecule has 0 saturated heterocycles. The third-order valence-electron chi connectivity index (χ3n) is 4.55. The average molecular weight is 410 g/mol. The van der Waals surface area contributed by atoms with E-state index in [1.54, 1.807) is 28.9 Å². The fraction of sp³-hybridized carbons (Fsp3) is 0.471. The van der Waals surface area contributed by atoms with Crippen molar-refractivity contribution in [3.63, 3.8) is 0 Å². The van der Waals surface area contributed by atoms with Gasteiger partial charge in [-0.2, -0.15) is 0 Å². The number of hydrogen-bond donors (Lipinski definition) is 1. The smallest absolute Gasteiger partial charge is 0.320 e. The molecule has 1 aromatic carbocycles. The summed E-state index contributed by atoms with van der Waals surface area (Å²) in [5.41, 5.74) is 1.93. The largest absolute Gasteiger partial charge is 0.325 e. The molecule has 0 bridgehead atoms. The van der Waals surface area contributed by atoms with Crippen LogP contribution in [0.3, 0.4) is 0 Å². The van der Waals surface area contributed by atoms with E-state index >= 15 is 0 Å². The summed E-state index contributed by atoms with van der Waals surface area (Å²) in [6.45, 7) is 8.00. The molecule has 1 N–H and O–H groups in total. The second-order valence-corrected chi connectivity index (χ2v) is 9.15. The van der Waals surface area contributed by atoms with Crippen LogP contribution in [0.5, 0.6) is 0 Å². The van der Waals surface area contributed by atoms with Gasteiger partial charge in [-0.05, 0) is 50.5 Å². The Morgan fingerprint density at radius 1 is 1.26 bits per heavy atom. The Kier molecular flexibility index (Phi) is 5.66. The molecule has 0 unspecified atom stereocenters. The van der Waals surface area contributed by atoms with Crippen LogP contribution in [0.15, 0.2) is 23.1 Å². The highest BCUT2D eigenvalue weighted by Gasteiger charge is 2.25. The van der Waals surface area contributed by atoms with Gasteiger partial charge in [-0.25, -0.2) is 13.2 Å². The first-order chi connectivity index (χ1) is 12.8. The number of rotatable bonds is 5. The number of fused-ring (bicyclic) bond motifs is 1. The van der Waals surface area contributed by atoms with E-state index in [4.69, 9.17) is 0 Å². The number of carbonyl (C=O) groups is 1. The Balaban J connectivity index is 1.82. The number of aromatic nitrogens is 2. The van der Waals surface area contributed by atoms with Gasteiger partial charge in [-0.1, -0.05) is 17.4 Å². The van der Waals surface area contributed by atoms with Gasteiger partial charge in [0, 0.05) is 26.2 Å². The minimum absolute atomic E-state index is 0.0126. The van der Waals surface area contributed by atoms with E-state index in [-0.39, 0.29) is 16.1 Å². The maximum Gasteiger partial charge on any atom is 0.320 e. The van der Waals surface area contributed by atoms with E-state index in [0.717, 1.165) is 11.1 Å². The van der Waals surface area contributed by atoms with Crippen LogP contribution in [0.4, 0.5) is 9.93 Å². The normalized spacial score (nSPS) is 14.0. The van der Waals surface area contributed by atoms with Gasteiger partial charge in [-0.15, -0.1) is 10.2 Å². The van der Waals surface area contributed by atoms with Crippen LogP contribution in [0.2, 0.25) is 0 Å². The summed E-state index contributed by atoms with van der Waals surface area (Å²) >= 11 is 1.18. The van der Waals surface area contributed by atoms with Crippen molar-refractivity contribution in [2.75, 3.05) is 24.4 Å². The summed E-state index contributed by atoms with van der Waals surface area (Å²) in [5.74, 6) is 0. The molecule has 2 heterocycles. The molecule has 2 aromatic rings. The van der Waals surface area contributed by atoms with Crippen molar-refractivity contribution in [2.24, 2.45) is 0 Å². The number of amides is 2. The predicted molar refractivity (Wildman–Crippen MR) is 104 cm³/mol. The number of nitrogens with zero attached hydrogens (tertiary/aromatic N) is 4. The van der Waals surface area contributed by atoms with E-state index in [0.29, 0.717) is 37.6 Å². The van der Waals surface area contributed by atoms with Crippen molar-refractivity contribution < 1.29 is 13.2 Å². The van der Waals surface area contributed by atoms with Crippen LogP contribution < -0.4 is 4.72 Å². The van der Waals surface area contributed by atoms with Gasteiger partial charge in [0.2, 0.25) is 5.13 Å². The molecule has 10 heteroatoms. The maximum absolute atomic E-state index is 12.7. The molecule has 8 nitrogen and oxygen atoms in total. The molecule has 146 valence electrons. The second kappa shape index (κ2) is 7.81. The van der Waals surface area contributed by atoms with Crippen LogP contribution in [-0.2, 0) is 23.0 Å². The number of anilines is 1. The highest BCUT2D eigenvalue weighted by Crippen LogP contribution is 2.25. The molecule has 0 saturated carbocycles. The minimum atomic E-state index is -3.75. The van der Waals surface area contributed by atoms with Gasteiger partial charge in [0.1, 0.15) is 5.01 Å². The summed E-state index contributed by atoms with van der Waals surface area (Å²) < 4.78 is 27.8.